The highest BCUT2D eigenvalue weighted by molar-refractivity contribution is 7.79. The van der Waals surface area contributed by atoms with Crippen molar-refractivity contribution in [2.45, 2.75) is 24.6 Å². The van der Waals surface area contributed by atoms with Crippen molar-refractivity contribution in [3.63, 3.8) is 0 Å². The third kappa shape index (κ3) is 3.06. The van der Waals surface area contributed by atoms with E-state index < -0.39 is 5.60 Å². The summed E-state index contributed by atoms with van der Waals surface area (Å²) >= 11 is 11.0. The lowest BCUT2D eigenvalue weighted by Gasteiger charge is -2.18. The summed E-state index contributed by atoms with van der Waals surface area (Å²) < 4.78 is 7.29. The molecule has 0 bridgehead atoms. The van der Waals surface area contributed by atoms with Gasteiger partial charge in [-0.25, -0.2) is 4.98 Å². The topological polar surface area (TPSA) is 76.1 Å². The summed E-state index contributed by atoms with van der Waals surface area (Å²) in [6.45, 7) is 0.495. The van der Waals surface area contributed by atoms with Crippen LogP contribution < -0.4 is 5.32 Å². The molecule has 2 N–H and O–H groups in total. The van der Waals surface area contributed by atoms with Crippen molar-refractivity contribution in [2.75, 3.05) is 5.32 Å². The normalized spacial score (nSPS) is 22.6. The highest BCUT2D eigenvalue weighted by Crippen LogP contribution is 2.34. The second kappa shape index (κ2) is 6.25. The van der Waals surface area contributed by atoms with Crippen molar-refractivity contribution < 1.29 is 9.52 Å². The van der Waals surface area contributed by atoms with Gasteiger partial charge in [0.05, 0.1) is 24.2 Å². The van der Waals surface area contributed by atoms with Crippen LogP contribution in [-0.2, 0) is 6.54 Å². The van der Waals surface area contributed by atoms with Gasteiger partial charge < -0.3 is 19.4 Å². The summed E-state index contributed by atoms with van der Waals surface area (Å²) in [4.78, 5) is 8.64. The van der Waals surface area contributed by atoms with E-state index >= 15 is 0 Å². The van der Waals surface area contributed by atoms with Crippen LogP contribution in [0.15, 0.2) is 47.2 Å². The van der Waals surface area contributed by atoms with Gasteiger partial charge in [0, 0.05) is 18.0 Å². The monoisotopic (exact) mass is 374 g/mol. The fraction of sp³-hybridized carbons (Fsp3) is 0.235. The van der Waals surface area contributed by atoms with Gasteiger partial charge in [-0.3, -0.25) is 0 Å². The number of anilines is 1. The van der Waals surface area contributed by atoms with E-state index in [1.165, 1.54) is 5.37 Å². The van der Waals surface area contributed by atoms with Gasteiger partial charge in [0.15, 0.2) is 0 Å². The van der Waals surface area contributed by atoms with Crippen molar-refractivity contribution in [1.82, 2.24) is 14.5 Å². The number of allylic oxidation sites excluding steroid dienone is 1. The van der Waals surface area contributed by atoms with Crippen molar-refractivity contribution >= 4 is 46.0 Å². The fourth-order valence-electron chi connectivity index (χ4n) is 3.02. The number of aliphatic hydroxyl groups is 1. The van der Waals surface area contributed by atoms with Gasteiger partial charge in [-0.15, -0.1) is 0 Å². The summed E-state index contributed by atoms with van der Waals surface area (Å²) in [6, 6.07) is 5.59. The molecule has 6 nitrogen and oxygen atoms in total. The third-order valence-corrected chi connectivity index (χ3v) is 4.84. The Morgan fingerprint density at radius 2 is 2.36 bits per heavy atom. The first kappa shape index (κ1) is 16.3. The molecule has 0 unspecified atom stereocenters. The number of furan rings is 1. The van der Waals surface area contributed by atoms with Gasteiger partial charge in [-0.2, -0.15) is 4.98 Å². The van der Waals surface area contributed by atoms with E-state index in [2.05, 4.69) is 15.3 Å². The number of nitrogens with zero attached hydrogens (tertiary/aromatic N) is 3. The van der Waals surface area contributed by atoms with E-state index in [1.807, 2.05) is 35.0 Å². The Morgan fingerprint density at radius 3 is 3.08 bits per heavy atom. The number of halogens is 1. The Kier molecular flexibility index (Phi) is 4.07. The lowest BCUT2D eigenvalue weighted by molar-refractivity contribution is 0.160. The largest absolute Gasteiger partial charge is 0.467 e. The summed E-state index contributed by atoms with van der Waals surface area (Å²) in [5.41, 5.74) is -0.362. The second-order valence-corrected chi connectivity index (χ2v) is 6.55. The molecule has 1 aliphatic carbocycles. The minimum absolute atomic E-state index is 0.0504. The number of aromatic nitrogens is 3. The van der Waals surface area contributed by atoms with Crippen molar-refractivity contribution in [1.29, 1.82) is 0 Å². The smallest absolute Gasteiger partial charge is 0.226 e. The summed E-state index contributed by atoms with van der Waals surface area (Å²) in [5, 5.41) is 15.9. The minimum atomic E-state index is -1.06. The van der Waals surface area contributed by atoms with Crippen LogP contribution in [0.1, 0.15) is 18.2 Å². The van der Waals surface area contributed by atoms with Gasteiger partial charge in [0.2, 0.25) is 5.28 Å². The van der Waals surface area contributed by atoms with Crippen LogP contribution in [0, 0.1) is 0 Å². The Hall–Kier alpha value is -2.22. The summed E-state index contributed by atoms with van der Waals surface area (Å²) in [6.07, 6.45) is 7.65. The molecule has 0 saturated heterocycles. The quantitative estimate of drug-likeness (QED) is 0.404. The molecular weight excluding hydrogens is 360 g/mol. The van der Waals surface area contributed by atoms with Gasteiger partial charge in [-0.1, -0.05) is 24.4 Å². The van der Waals surface area contributed by atoms with Crippen molar-refractivity contribution in [2.24, 2.45) is 0 Å². The molecule has 0 aromatic carbocycles. The molecule has 0 saturated carbocycles. The summed E-state index contributed by atoms with van der Waals surface area (Å²) in [5.74, 6) is 1.43. The first-order valence-electron chi connectivity index (χ1n) is 7.76. The van der Waals surface area contributed by atoms with Gasteiger partial charge in [0.1, 0.15) is 22.8 Å². The highest BCUT2D eigenvalue weighted by atomic mass is 35.5. The molecule has 128 valence electrons. The molecule has 2 atom stereocenters. The molecule has 0 aliphatic heterocycles. The zero-order valence-electron chi connectivity index (χ0n) is 13.1. The SMILES string of the molecule is O[C@]1(C=S)C=C[C@H](n2ccc3c(NCc4ccco4)nc(Cl)nc32)C1. The van der Waals surface area contributed by atoms with E-state index in [-0.39, 0.29) is 11.3 Å². The molecule has 0 spiro atoms. The van der Waals surface area contributed by atoms with Crippen molar-refractivity contribution in [3.8, 4) is 0 Å². The lowest BCUT2D eigenvalue weighted by Crippen LogP contribution is -2.25. The standard InChI is InChI=1S/C17H15ClN4O2S/c18-16-20-14(19-9-12-2-1-7-24-12)13-4-6-22(15(13)21-16)11-3-5-17(23,8-11)10-25/h1-7,10-11,23H,8-9H2,(H,19,20,21)/t11-,17+/m0/s1. The van der Waals surface area contributed by atoms with E-state index in [0.29, 0.717) is 24.4 Å². The van der Waals surface area contributed by atoms with E-state index in [1.54, 1.807) is 12.3 Å². The van der Waals surface area contributed by atoms with E-state index in [0.717, 1.165) is 11.1 Å². The molecule has 4 rings (SSSR count). The van der Waals surface area contributed by atoms with Crippen LogP contribution >= 0.6 is 23.8 Å². The van der Waals surface area contributed by atoms with Crippen molar-refractivity contribution in [3.05, 3.63) is 53.9 Å². The zero-order valence-corrected chi connectivity index (χ0v) is 14.7. The first-order chi connectivity index (χ1) is 12.1. The number of hydrogen-bond donors (Lipinski definition) is 2. The molecule has 0 fully saturated rings. The molecule has 3 aromatic rings. The molecule has 0 amide bonds. The third-order valence-electron chi connectivity index (χ3n) is 4.26. The number of fused-ring (bicyclic) bond motifs is 1. The lowest BCUT2D eigenvalue weighted by atomic mass is 10.1. The first-order valence-corrected chi connectivity index (χ1v) is 8.61. The summed E-state index contributed by atoms with van der Waals surface area (Å²) in [7, 11) is 0. The predicted molar refractivity (Wildman–Crippen MR) is 100.0 cm³/mol. The molecule has 8 heteroatoms. The number of nitrogens with one attached hydrogen (secondary N) is 1. The molecule has 3 heterocycles. The van der Waals surface area contributed by atoms with Gasteiger partial charge in [-0.05, 0) is 29.8 Å². The predicted octanol–water partition coefficient (Wildman–Crippen LogP) is 3.52. The average molecular weight is 375 g/mol. The number of thiocarbonyl (C=S) groups is 1. The fourth-order valence-corrected chi connectivity index (χ4v) is 3.36. The van der Waals surface area contributed by atoms with Gasteiger partial charge in [0.25, 0.3) is 0 Å². The maximum atomic E-state index is 10.3. The number of hydrogen-bond acceptors (Lipinski definition) is 6. The average Bonchev–Trinajstić information content (AvgIpc) is 3.32. The Morgan fingerprint density at radius 1 is 1.48 bits per heavy atom. The van der Waals surface area contributed by atoms with Crippen LogP contribution in [0.2, 0.25) is 5.28 Å². The molecule has 3 aromatic heterocycles. The maximum absolute atomic E-state index is 10.3. The minimum Gasteiger partial charge on any atom is -0.467 e. The van der Waals surface area contributed by atoms with Crippen LogP contribution in [0.3, 0.4) is 0 Å². The molecule has 1 aliphatic rings. The van der Waals surface area contributed by atoms with E-state index in [9.17, 15) is 5.11 Å². The van der Waals surface area contributed by atoms with Crippen LogP contribution in [0.25, 0.3) is 11.0 Å². The highest BCUT2D eigenvalue weighted by Gasteiger charge is 2.31. The van der Waals surface area contributed by atoms with E-state index in [4.69, 9.17) is 28.2 Å². The Labute approximate surface area is 154 Å². The van der Waals surface area contributed by atoms with Crippen LogP contribution in [0.5, 0.6) is 0 Å². The Bertz CT molecular complexity index is 953. The van der Waals surface area contributed by atoms with Gasteiger partial charge >= 0.3 is 0 Å². The van der Waals surface area contributed by atoms with Crippen LogP contribution in [-0.4, -0.2) is 30.6 Å². The molecular formula is C17H15ClN4O2S. The molecule has 25 heavy (non-hydrogen) atoms. The number of rotatable bonds is 5. The van der Waals surface area contributed by atoms with Crippen LogP contribution in [0.4, 0.5) is 5.82 Å². The second-order valence-electron chi connectivity index (χ2n) is 5.97. The Balaban J connectivity index is 1.67. The zero-order chi connectivity index (χ0) is 17.4. The molecule has 0 radical (unpaired) electrons. The maximum Gasteiger partial charge on any atom is 0.226 e.